The quantitative estimate of drug-likeness (QED) is 0.840. The highest BCUT2D eigenvalue weighted by molar-refractivity contribution is 7.18. The van der Waals surface area contributed by atoms with Crippen molar-refractivity contribution in [3.63, 3.8) is 0 Å². The molecule has 0 unspecified atom stereocenters. The number of ether oxygens (including phenoxy) is 2. The Morgan fingerprint density at radius 1 is 1.33 bits per heavy atom. The number of urea groups is 1. The number of hydrogen-bond acceptors (Lipinski definition) is 6. The second-order valence-corrected chi connectivity index (χ2v) is 7.48. The molecule has 8 heteroatoms. The van der Waals surface area contributed by atoms with E-state index in [1.807, 2.05) is 6.92 Å². The van der Waals surface area contributed by atoms with Gasteiger partial charge in [-0.15, -0.1) is 11.3 Å². The van der Waals surface area contributed by atoms with Crippen LogP contribution >= 0.6 is 11.3 Å². The molecule has 0 aromatic carbocycles. The topological polar surface area (TPSA) is 84.9 Å². The molecule has 1 aromatic rings. The first-order valence-corrected chi connectivity index (χ1v) is 8.51. The molecule has 1 aliphatic heterocycles. The third kappa shape index (κ3) is 4.05. The zero-order valence-electron chi connectivity index (χ0n) is 14.5. The molecule has 0 spiro atoms. The van der Waals surface area contributed by atoms with Crippen LogP contribution < -0.4 is 5.32 Å². The minimum atomic E-state index is -0.607. The minimum absolute atomic E-state index is 0.146. The van der Waals surface area contributed by atoms with Crippen molar-refractivity contribution >= 4 is 34.3 Å². The van der Waals surface area contributed by atoms with Crippen molar-refractivity contribution in [2.75, 3.05) is 18.5 Å². The van der Waals surface area contributed by atoms with Gasteiger partial charge in [-0.3, -0.25) is 10.1 Å². The van der Waals surface area contributed by atoms with Crippen LogP contribution in [0.25, 0.3) is 0 Å². The summed E-state index contributed by atoms with van der Waals surface area (Å²) in [7, 11) is 0. The van der Waals surface area contributed by atoms with Crippen LogP contribution in [0.2, 0.25) is 0 Å². The number of nitrogens with one attached hydrogen (secondary N) is 1. The van der Waals surface area contributed by atoms with Gasteiger partial charge >= 0.3 is 18.0 Å². The minimum Gasteiger partial charge on any atom is -0.462 e. The summed E-state index contributed by atoms with van der Waals surface area (Å²) >= 11 is 1.20. The SMILES string of the molecule is CCOC(=O)c1sc2c(c1C)CN(CC(=O)OC(C)(C)C)C(=O)N2. The lowest BCUT2D eigenvalue weighted by molar-refractivity contribution is -0.155. The monoisotopic (exact) mass is 354 g/mol. The molecule has 0 radical (unpaired) electrons. The van der Waals surface area contributed by atoms with Gasteiger partial charge in [0, 0.05) is 5.56 Å². The zero-order chi connectivity index (χ0) is 18.1. The number of esters is 2. The fraction of sp³-hybridized carbons (Fsp3) is 0.562. The van der Waals surface area contributed by atoms with Gasteiger partial charge in [0.05, 0.1) is 13.2 Å². The predicted octanol–water partition coefficient (Wildman–Crippen LogP) is 2.92. The largest absolute Gasteiger partial charge is 0.462 e. The second-order valence-electron chi connectivity index (χ2n) is 6.46. The maximum atomic E-state index is 12.2. The van der Waals surface area contributed by atoms with Crippen LogP contribution in [0.5, 0.6) is 0 Å². The van der Waals surface area contributed by atoms with E-state index >= 15 is 0 Å². The second kappa shape index (κ2) is 6.80. The molecule has 132 valence electrons. The lowest BCUT2D eigenvalue weighted by Gasteiger charge is -2.28. The van der Waals surface area contributed by atoms with Gasteiger partial charge in [-0.2, -0.15) is 0 Å². The standard InChI is InChI=1S/C16H22N2O5S/c1-6-22-14(20)12-9(2)10-7-18(15(21)17-13(10)24-12)8-11(19)23-16(3,4)5/h6-8H2,1-5H3,(H,17,21). The number of amides is 2. The summed E-state index contributed by atoms with van der Waals surface area (Å²) in [5, 5.41) is 3.35. The van der Waals surface area contributed by atoms with Crippen LogP contribution in [0, 0.1) is 6.92 Å². The molecule has 7 nitrogen and oxygen atoms in total. The molecule has 1 aliphatic rings. The fourth-order valence-electron chi connectivity index (χ4n) is 2.33. The summed E-state index contributed by atoms with van der Waals surface area (Å²) in [6.45, 7) is 9.26. The van der Waals surface area contributed by atoms with E-state index < -0.39 is 17.5 Å². The number of rotatable bonds is 4. The summed E-state index contributed by atoms with van der Waals surface area (Å²) in [6.07, 6.45) is 0. The Hall–Kier alpha value is -2.09. The van der Waals surface area contributed by atoms with E-state index in [1.54, 1.807) is 27.7 Å². The van der Waals surface area contributed by atoms with Gasteiger partial charge in [-0.05, 0) is 40.2 Å². The molecule has 2 heterocycles. The van der Waals surface area contributed by atoms with E-state index in [1.165, 1.54) is 16.2 Å². The first-order valence-electron chi connectivity index (χ1n) is 7.69. The Balaban J connectivity index is 2.16. The molecule has 0 bridgehead atoms. The van der Waals surface area contributed by atoms with Gasteiger partial charge in [-0.25, -0.2) is 9.59 Å². The third-order valence-corrected chi connectivity index (χ3v) is 4.56. The summed E-state index contributed by atoms with van der Waals surface area (Å²) in [5.41, 5.74) is 0.984. The number of carbonyl (C=O) groups is 3. The summed E-state index contributed by atoms with van der Waals surface area (Å²) in [4.78, 5) is 37.9. The zero-order valence-corrected chi connectivity index (χ0v) is 15.3. The van der Waals surface area contributed by atoms with Crippen molar-refractivity contribution in [1.82, 2.24) is 4.90 Å². The summed E-state index contributed by atoms with van der Waals surface area (Å²) < 4.78 is 10.3. The Kier molecular flexibility index (Phi) is 5.17. The number of fused-ring (bicyclic) bond motifs is 1. The molecule has 2 rings (SSSR count). The van der Waals surface area contributed by atoms with Crippen LogP contribution in [0.15, 0.2) is 0 Å². The van der Waals surface area contributed by atoms with Crippen LogP contribution in [0.1, 0.15) is 48.5 Å². The van der Waals surface area contributed by atoms with Crippen LogP contribution in [-0.2, 0) is 20.8 Å². The summed E-state index contributed by atoms with van der Waals surface area (Å²) in [6, 6.07) is -0.384. The van der Waals surface area contributed by atoms with Gasteiger partial charge in [-0.1, -0.05) is 0 Å². The molecular weight excluding hydrogens is 332 g/mol. The Morgan fingerprint density at radius 2 is 2.00 bits per heavy atom. The molecule has 0 fully saturated rings. The van der Waals surface area contributed by atoms with Crippen LogP contribution in [0.3, 0.4) is 0 Å². The van der Waals surface area contributed by atoms with Crippen molar-refractivity contribution in [3.8, 4) is 0 Å². The lowest BCUT2D eigenvalue weighted by Crippen LogP contribution is -2.43. The first-order chi connectivity index (χ1) is 11.1. The molecule has 1 aromatic heterocycles. The lowest BCUT2D eigenvalue weighted by atomic mass is 10.1. The van der Waals surface area contributed by atoms with Gasteiger partial charge in [0.25, 0.3) is 0 Å². The molecule has 0 aliphatic carbocycles. The van der Waals surface area contributed by atoms with Crippen molar-refractivity contribution in [3.05, 3.63) is 16.0 Å². The molecule has 0 atom stereocenters. The van der Waals surface area contributed by atoms with Crippen LogP contribution in [0.4, 0.5) is 9.80 Å². The molecular formula is C16H22N2O5S. The smallest absolute Gasteiger partial charge is 0.348 e. The number of nitrogens with zero attached hydrogens (tertiary/aromatic N) is 1. The number of hydrogen-bond donors (Lipinski definition) is 1. The maximum absolute atomic E-state index is 12.2. The van der Waals surface area contributed by atoms with Crippen molar-refractivity contribution in [2.45, 2.75) is 46.8 Å². The Labute approximate surface area is 144 Å². The van der Waals surface area contributed by atoms with E-state index in [0.29, 0.717) is 9.88 Å². The highest BCUT2D eigenvalue weighted by Gasteiger charge is 2.31. The predicted molar refractivity (Wildman–Crippen MR) is 90.3 cm³/mol. The third-order valence-electron chi connectivity index (χ3n) is 3.33. The van der Waals surface area contributed by atoms with Gasteiger partial charge in [0.15, 0.2) is 0 Å². The molecule has 0 saturated carbocycles. The van der Waals surface area contributed by atoms with Gasteiger partial charge in [0.2, 0.25) is 0 Å². The van der Waals surface area contributed by atoms with Gasteiger partial charge < -0.3 is 14.4 Å². The molecule has 2 amide bonds. The normalized spacial score (nSPS) is 14.0. The van der Waals surface area contributed by atoms with Crippen molar-refractivity contribution in [2.24, 2.45) is 0 Å². The average molecular weight is 354 g/mol. The average Bonchev–Trinajstić information content (AvgIpc) is 2.74. The highest BCUT2D eigenvalue weighted by atomic mass is 32.1. The Morgan fingerprint density at radius 3 is 2.58 bits per heavy atom. The number of anilines is 1. The summed E-state index contributed by atoms with van der Waals surface area (Å²) in [5.74, 6) is -0.873. The molecule has 24 heavy (non-hydrogen) atoms. The van der Waals surface area contributed by atoms with Crippen LogP contribution in [-0.4, -0.2) is 41.6 Å². The van der Waals surface area contributed by atoms with Gasteiger partial charge in [0.1, 0.15) is 22.0 Å². The van der Waals surface area contributed by atoms with Crippen molar-refractivity contribution < 1.29 is 23.9 Å². The molecule has 1 N–H and O–H groups in total. The van der Waals surface area contributed by atoms with Crippen molar-refractivity contribution in [1.29, 1.82) is 0 Å². The first kappa shape index (κ1) is 18.3. The number of carbonyl (C=O) groups excluding carboxylic acids is 3. The van der Waals surface area contributed by atoms with E-state index in [2.05, 4.69) is 5.32 Å². The fourth-order valence-corrected chi connectivity index (χ4v) is 3.43. The van der Waals surface area contributed by atoms with E-state index in [4.69, 9.17) is 9.47 Å². The van der Waals surface area contributed by atoms with E-state index in [9.17, 15) is 14.4 Å². The Bertz CT molecular complexity index is 675. The van der Waals surface area contributed by atoms with E-state index in [0.717, 1.165) is 11.1 Å². The van der Waals surface area contributed by atoms with E-state index in [-0.39, 0.29) is 25.7 Å². The maximum Gasteiger partial charge on any atom is 0.348 e. The number of thiophene rings is 1. The molecule has 0 saturated heterocycles. The highest BCUT2D eigenvalue weighted by Crippen LogP contribution is 2.37.